The molecule has 2 aliphatic heterocycles. The van der Waals surface area contributed by atoms with Gasteiger partial charge >= 0.3 is 10.2 Å². The molecular weight excluding hydrogens is 350 g/mol. The largest absolute Gasteiger partial charge is 0.324 e. The van der Waals surface area contributed by atoms with Gasteiger partial charge in [-0.2, -0.15) is 12.7 Å². The zero-order valence-electron chi connectivity index (χ0n) is 13.3. The molecule has 6 nitrogen and oxygen atoms in total. The van der Waals surface area contributed by atoms with Gasteiger partial charge in [-0.25, -0.2) is 0 Å². The minimum atomic E-state index is -3.59. The Balaban J connectivity index is 1.66. The number of carbonyl (C=O) groups is 1. The molecule has 2 heterocycles. The minimum absolute atomic E-state index is 0.0262. The van der Waals surface area contributed by atoms with Crippen molar-refractivity contribution in [1.29, 1.82) is 0 Å². The van der Waals surface area contributed by atoms with Crippen LogP contribution < -0.4 is 10.0 Å². The average molecular weight is 370 g/mol. The van der Waals surface area contributed by atoms with Gasteiger partial charge in [0.05, 0.1) is 21.8 Å². The fourth-order valence-corrected chi connectivity index (χ4v) is 5.42. The van der Waals surface area contributed by atoms with E-state index in [0.717, 1.165) is 44.1 Å². The summed E-state index contributed by atoms with van der Waals surface area (Å²) >= 11 is 6.30. The molecule has 1 spiro atoms. The molecule has 1 amide bonds. The Hall–Kier alpha value is -1.31. The second kappa shape index (κ2) is 5.61. The summed E-state index contributed by atoms with van der Waals surface area (Å²) in [6.07, 6.45) is 5.39. The number of benzene rings is 1. The van der Waals surface area contributed by atoms with Crippen molar-refractivity contribution in [3.63, 3.8) is 0 Å². The highest BCUT2D eigenvalue weighted by Crippen LogP contribution is 2.53. The first-order chi connectivity index (χ1) is 11.4. The molecule has 0 bridgehead atoms. The van der Waals surface area contributed by atoms with Crippen molar-refractivity contribution < 1.29 is 13.2 Å². The lowest BCUT2D eigenvalue weighted by molar-refractivity contribution is -0.123. The SMILES string of the molecule is O=C1Nc2c(Cl)cc(NS(=O)(=O)N3CCCCC3)cc2C12CCC2. The first kappa shape index (κ1) is 16.2. The van der Waals surface area contributed by atoms with Crippen molar-refractivity contribution in [2.24, 2.45) is 0 Å². The lowest BCUT2D eigenvalue weighted by atomic mass is 9.65. The van der Waals surface area contributed by atoms with Crippen LogP contribution in [0.2, 0.25) is 5.02 Å². The topological polar surface area (TPSA) is 78.5 Å². The van der Waals surface area contributed by atoms with Gasteiger partial charge < -0.3 is 5.32 Å². The maximum absolute atomic E-state index is 12.6. The number of rotatable bonds is 3. The van der Waals surface area contributed by atoms with Crippen molar-refractivity contribution in [2.45, 2.75) is 43.9 Å². The van der Waals surface area contributed by atoms with Crippen molar-refractivity contribution >= 4 is 39.1 Å². The third-order valence-corrected chi connectivity index (χ3v) is 7.22. The van der Waals surface area contributed by atoms with Crippen molar-refractivity contribution in [2.75, 3.05) is 23.1 Å². The minimum Gasteiger partial charge on any atom is -0.324 e. The van der Waals surface area contributed by atoms with E-state index in [0.29, 0.717) is 29.5 Å². The van der Waals surface area contributed by atoms with Gasteiger partial charge in [0.25, 0.3) is 0 Å². The summed E-state index contributed by atoms with van der Waals surface area (Å²) in [6, 6.07) is 3.33. The Bertz CT molecular complexity index is 799. The fourth-order valence-electron chi connectivity index (χ4n) is 3.87. The smallest absolute Gasteiger partial charge is 0.301 e. The molecule has 130 valence electrons. The first-order valence-electron chi connectivity index (χ1n) is 8.36. The molecule has 1 aromatic carbocycles. The summed E-state index contributed by atoms with van der Waals surface area (Å²) in [5, 5.41) is 3.23. The molecule has 0 unspecified atom stereocenters. The fraction of sp³-hybridized carbons (Fsp3) is 0.562. The zero-order valence-corrected chi connectivity index (χ0v) is 14.8. The van der Waals surface area contributed by atoms with E-state index in [1.165, 1.54) is 4.31 Å². The Kier molecular flexibility index (Phi) is 3.78. The predicted octanol–water partition coefficient (Wildman–Crippen LogP) is 2.86. The van der Waals surface area contributed by atoms with Gasteiger partial charge in [-0.3, -0.25) is 9.52 Å². The molecule has 3 aliphatic rings. The highest BCUT2D eigenvalue weighted by atomic mass is 35.5. The zero-order chi connectivity index (χ0) is 16.9. The highest BCUT2D eigenvalue weighted by molar-refractivity contribution is 7.90. The molecule has 2 fully saturated rings. The number of amides is 1. The second-order valence-electron chi connectivity index (χ2n) is 6.84. The Morgan fingerprint density at radius 3 is 2.46 bits per heavy atom. The quantitative estimate of drug-likeness (QED) is 0.859. The number of carbonyl (C=O) groups excluding carboxylic acids is 1. The summed E-state index contributed by atoms with van der Waals surface area (Å²) in [4.78, 5) is 12.3. The number of nitrogens with zero attached hydrogens (tertiary/aromatic N) is 1. The summed E-state index contributed by atoms with van der Waals surface area (Å²) in [5.74, 6) is -0.0262. The first-order valence-corrected chi connectivity index (χ1v) is 10.2. The summed E-state index contributed by atoms with van der Waals surface area (Å²) in [6.45, 7) is 1.08. The number of anilines is 2. The predicted molar refractivity (Wildman–Crippen MR) is 93.6 cm³/mol. The van der Waals surface area contributed by atoms with Crippen LogP contribution in [-0.2, 0) is 20.4 Å². The van der Waals surface area contributed by atoms with E-state index in [2.05, 4.69) is 10.0 Å². The van der Waals surface area contributed by atoms with Crippen molar-refractivity contribution in [3.05, 3.63) is 22.7 Å². The second-order valence-corrected chi connectivity index (χ2v) is 8.92. The average Bonchev–Trinajstić information content (AvgIpc) is 2.80. The highest BCUT2D eigenvalue weighted by Gasteiger charge is 2.51. The molecule has 8 heteroatoms. The number of nitrogens with one attached hydrogen (secondary N) is 2. The van der Waals surface area contributed by atoms with Crippen molar-refractivity contribution in [3.8, 4) is 0 Å². The van der Waals surface area contributed by atoms with Gasteiger partial charge in [-0.15, -0.1) is 0 Å². The normalized spacial score (nSPS) is 22.8. The van der Waals surface area contributed by atoms with Gasteiger partial charge in [-0.1, -0.05) is 24.4 Å². The Labute approximate surface area is 146 Å². The Morgan fingerprint density at radius 2 is 1.83 bits per heavy atom. The van der Waals surface area contributed by atoms with Gasteiger partial charge in [0.2, 0.25) is 5.91 Å². The summed E-state index contributed by atoms with van der Waals surface area (Å²) in [5.41, 5.74) is 1.35. The van der Waals surface area contributed by atoms with Crippen LogP contribution in [-0.4, -0.2) is 31.7 Å². The van der Waals surface area contributed by atoms with Crippen molar-refractivity contribution in [1.82, 2.24) is 4.31 Å². The van der Waals surface area contributed by atoms with E-state index in [-0.39, 0.29) is 5.91 Å². The third kappa shape index (κ3) is 2.41. The number of hydrogen-bond acceptors (Lipinski definition) is 3. The van der Waals surface area contributed by atoms with Crippen LogP contribution in [0.15, 0.2) is 12.1 Å². The van der Waals surface area contributed by atoms with E-state index >= 15 is 0 Å². The van der Waals surface area contributed by atoms with Crippen LogP contribution in [0.4, 0.5) is 11.4 Å². The van der Waals surface area contributed by atoms with Crippen LogP contribution in [0.5, 0.6) is 0 Å². The molecular formula is C16H20ClN3O3S. The summed E-state index contributed by atoms with van der Waals surface area (Å²) in [7, 11) is -3.59. The van der Waals surface area contributed by atoms with E-state index in [9.17, 15) is 13.2 Å². The van der Waals surface area contributed by atoms with Gasteiger partial charge in [0.1, 0.15) is 0 Å². The molecule has 0 radical (unpaired) electrons. The molecule has 1 aromatic rings. The lowest BCUT2D eigenvalue weighted by Gasteiger charge is -2.36. The molecule has 0 atom stereocenters. The van der Waals surface area contributed by atoms with E-state index in [1.54, 1.807) is 12.1 Å². The number of halogens is 1. The molecule has 4 rings (SSSR count). The lowest BCUT2D eigenvalue weighted by Crippen LogP contribution is -2.41. The molecule has 0 aromatic heterocycles. The van der Waals surface area contributed by atoms with Crippen LogP contribution >= 0.6 is 11.6 Å². The standard InChI is InChI=1S/C16H20ClN3O3S/c17-13-10-11(19-24(22,23)20-7-2-1-3-8-20)9-12-14(13)18-15(21)16(12)5-4-6-16/h9-10,19H,1-8H2,(H,18,21). The van der Waals surface area contributed by atoms with Crippen LogP contribution in [0, 0.1) is 0 Å². The van der Waals surface area contributed by atoms with Gasteiger partial charge in [0.15, 0.2) is 0 Å². The number of hydrogen-bond donors (Lipinski definition) is 2. The molecule has 2 N–H and O–H groups in total. The van der Waals surface area contributed by atoms with E-state index in [1.807, 2.05) is 0 Å². The molecule has 1 saturated carbocycles. The monoisotopic (exact) mass is 369 g/mol. The number of piperidine rings is 1. The van der Waals surface area contributed by atoms with Crippen LogP contribution in [0.1, 0.15) is 44.1 Å². The molecule has 1 saturated heterocycles. The van der Waals surface area contributed by atoms with Gasteiger partial charge in [-0.05, 0) is 43.4 Å². The number of fused-ring (bicyclic) bond motifs is 2. The van der Waals surface area contributed by atoms with E-state index < -0.39 is 15.6 Å². The maximum atomic E-state index is 12.6. The van der Waals surface area contributed by atoms with Crippen LogP contribution in [0.3, 0.4) is 0 Å². The Morgan fingerprint density at radius 1 is 1.12 bits per heavy atom. The van der Waals surface area contributed by atoms with Crippen LogP contribution in [0.25, 0.3) is 0 Å². The molecule has 24 heavy (non-hydrogen) atoms. The third-order valence-electron chi connectivity index (χ3n) is 5.39. The maximum Gasteiger partial charge on any atom is 0.301 e. The van der Waals surface area contributed by atoms with Gasteiger partial charge in [0, 0.05) is 13.1 Å². The van der Waals surface area contributed by atoms with E-state index in [4.69, 9.17) is 11.6 Å². The molecule has 1 aliphatic carbocycles. The summed E-state index contributed by atoms with van der Waals surface area (Å²) < 4.78 is 29.2.